The molecule has 0 aliphatic heterocycles. The minimum absolute atomic E-state index is 0. The van der Waals surface area contributed by atoms with Crippen LogP contribution in [0.2, 0.25) is 0 Å². The van der Waals surface area contributed by atoms with E-state index in [1.165, 1.54) is 28.0 Å². The first-order valence-corrected chi connectivity index (χ1v) is 12.2. The van der Waals surface area contributed by atoms with Gasteiger partial charge in [0.2, 0.25) is 0 Å². The van der Waals surface area contributed by atoms with Crippen molar-refractivity contribution < 1.29 is 4.39 Å². The van der Waals surface area contributed by atoms with Crippen LogP contribution in [-0.4, -0.2) is 9.97 Å². The van der Waals surface area contributed by atoms with Gasteiger partial charge in [-0.25, -0.2) is 14.4 Å². The Bertz CT molecular complexity index is 1210. The maximum Gasteiger partial charge on any atom is 0.126 e. The molecule has 0 aliphatic carbocycles. The Kier molecular flexibility index (Phi) is 8.87. The average molecular weight is 489 g/mol. The summed E-state index contributed by atoms with van der Waals surface area (Å²) in [5.74, 6) is 0.496. The molecule has 0 amide bonds. The summed E-state index contributed by atoms with van der Waals surface area (Å²) in [5, 5.41) is 4.99. The van der Waals surface area contributed by atoms with Gasteiger partial charge in [-0.2, -0.15) is 0 Å². The van der Waals surface area contributed by atoms with Crippen molar-refractivity contribution >= 4 is 47.1 Å². The number of halogens is 2. The van der Waals surface area contributed by atoms with Gasteiger partial charge in [0.05, 0.1) is 5.52 Å². The second kappa shape index (κ2) is 11.8. The molecule has 5 aromatic rings. The Morgan fingerprint density at radius 2 is 1.06 bits per heavy atom. The Morgan fingerprint density at radius 3 is 1.50 bits per heavy atom. The summed E-state index contributed by atoms with van der Waals surface area (Å²) < 4.78 is 13.1. The summed E-state index contributed by atoms with van der Waals surface area (Å²) in [6.07, 6.45) is 0. The second-order valence-electron chi connectivity index (χ2n) is 7.82. The van der Waals surface area contributed by atoms with Gasteiger partial charge in [-0.1, -0.05) is 91.0 Å². The van der Waals surface area contributed by atoms with Gasteiger partial charge in [-0.3, -0.25) is 0 Å². The molecule has 0 radical (unpaired) electrons. The third-order valence-corrected chi connectivity index (χ3v) is 7.74. The fourth-order valence-corrected chi connectivity index (χ4v) is 6.13. The molecular formula is C29H27ClFN2P. The minimum Gasteiger partial charge on any atom is -0.238 e. The van der Waals surface area contributed by atoms with E-state index in [4.69, 9.17) is 0 Å². The Hall–Kier alpha value is -3.13. The molecule has 0 spiro atoms. The number of aryl methyl sites for hydroxylation is 3. The molecule has 1 heterocycles. The van der Waals surface area contributed by atoms with Gasteiger partial charge in [0.1, 0.15) is 11.6 Å². The lowest BCUT2D eigenvalue weighted by Gasteiger charge is -2.18. The Morgan fingerprint density at radius 1 is 0.618 bits per heavy atom. The molecule has 0 N–H and O–H groups in total. The monoisotopic (exact) mass is 488 g/mol. The Balaban J connectivity index is 0.000000193. The molecule has 5 rings (SSSR count). The molecule has 0 saturated carbocycles. The van der Waals surface area contributed by atoms with Crippen LogP contribution in [0.1, 0.15) is 17.1 Å². The number of aromatic nitrogens is 2. The maximum absolute atomic E-state index is 13.1. The van der Waals surface area contributed by atoms with Gasteiger partial charge in [0.25, 0.3) is 0 Å². The first-order chi connectivity index (χ1) is 16.0. The first kappa shape index (κ1) is 25.5. The fraction of sp³-hybridized carbons (Fsp3) is 0.103. The van der Waals surface area contributed by atoms with Gasteiger partial charge in [0, 0.05) is 11.1 Å². The van der Waals surface area contributed by atoms with Crippen LogP contribution in [0, 0.1) is 26.6 Å². The van der Waals surface area contributed by atoms with Crippen molar-refractivity contribution in [2.24, 2.45) is 0 Å². The SMILES string of the molecule is Cc1nc(C)c2cc(F)cc(C)c2n1.Cl.c1ccc(P(c2ccccc2)c2ccccc2)cc1. The van der Waals surface area contributed by atoms with Crippen molar-refractivity contribution in [2.75, 3.05) is 0 Å². The number of hydrogen-bond acceptors (Lipinski definition) is 2. The molecule has 0 unspecified atom stereocenters. The summed E-state index contributed by atoms with van der Waals surface area (Å²) in [7, 11) is -0.446. The van der Waals surface area contributed by atoms with Crippen molar-refractivity contribution in [3.8, 4) is 0 Å². The molecule has 0 saturated heterocycles. The van der Waals surface area contributed by atoms with E-state index in [-0.39, 0.29) is 18.2 Å². The van der Waals surface area contributed by atoms with Gasteiger partial charge in [-0.15, -0.1) is 12.4 Å². The molecule has 0 fully saturated rings. The zero-order chi connectivity index (χ0) is 23.2. The van der Waals surface area contributed by atoms with Crippen LogP contribution in [0.25, 0.3) is 10.9 Å². The molecule has 2 nitrogen and oxygen atoms in total. The van der Waals surface area contributed by atoms with Crippen LogP contribution in [0.4, 0.5) is 4.39 Å². The largest absolute Gasteiger partial charge is 0.238 e. The lowest BCUT2D eigenvalue weighted by atomic mass is 10.1. The zero-order valence-electron chi connectivity index (χ0n) is 19.4. The van der Waals surface area contributed by atoms with Crippen LogP contribution in [-0.2, 0) is 0 Å². The number of nitrogens with zero attached hydrogens (tertiary/aromatic N) is 2. The molecule has 172 valence electrons. The smallest absolute Gasteiger partial charge is 0.126 e. The molecular weight excluding hydrogens is 462 g/mol. The van der Waals surface area contributed by atoms with E-state index in [2.05, 4.69) is 101 Å². The normalized spacial score (nSPS) is 10.4. The van der Waals surface area contributed by atoms with Gasteiger partial charge in [-0.05, 0) is 62.3 Å². The van der Waals surface area contributed by atoms with Crippen LogP contribution in [0.5, 0.6) is 0 Å². The molecule has 34 heavy (non-hydrogen) atoms. The molecule has 5 heteroatoms. The molecule has 1 aromatic heterocycles. The van der Waals surface area contributed by atoms with Crippen molar-refractivity contribution in [1.82, 2.24) is 9.97 Å². The fourth-order valence-electron chi connectivity index (χ4n) is 3.83. The van der Waals surface area contributed by atoms with Crippen molar-refractivity contribution in [3.05, 3.63) is 126 Å². The standard InChI is InChI=1S/C18H15P.C11H11FN2.ClH/c1-4-10-16(11-5-1)19(17-12-6-2-7-13-17)18-14-8-3-9-15-18;1-6-4-9(12)5-10-7(2)13-8(3)14-11(6)10;/h1-15H;4-5H,1-3H3;1H. The lowest BCUT2D eigenvalue weighted by Crippen LogP contribution is -2.20. The highest BCUT2D eigenvalue weighted by Gasteiger charge is 2.15. The van der Waals surface area contributed by atoms with E-state index in [0.29, 0.717) is 0 Å². The van der Waals surface area contributed by atoms with Crippen LogP contribution in [0.15, 0.2) is 103 Å². The highest BCUT2D eigenvalue weighted by Crippen LogP contribution is 2.32. The maximum atomic E-state index is 13.1. The van der Waals surface area contributed by atoms with Gasteiger partial charge >= 0.3 is 0 Å². The predicted molar refractivity (Wildman–Crippen MR) is 146 cm³/mol. The third-order valence-electron chi connectivity index (χ3n) is 5.30. The van der Waals surface area contributed by atoms with Gasteiger partial charge < -0.3 is 0 Å². The first-order valence-electron chi connectivity index (χ1n) is 10.9. The summed E-state index contributed by atoms with van der Waals surface area (Å²) in [4.78, 5) is 8.51. The second-order valence-corrected chi connectivity index (χ2v) is 10.0. The topological polar surface area (TPSA) is 25.8 Å². The lowest BCUT2D eigenvalue weighted by molar-refractivity contribution is 0.628. The average Bonchev–Trinajstić information content (AvgIpc) is 2.83. The van der Waals surface area contributed by atoms with Crippen LogP contribution >= 0.6 is 20.3 Å². The van der Waals surface area contributed by atoms with Crippen molar-refractivity contribution in [1.29, 1.82) is 0 Å². The van der Waals surface area contributed by atoms with Gasteiger partial charge in [0.15, 0.2) is 0 Å². The summed E-state index contributed by atoms with van der Waals surface area (Å²) in [5.41, 5.74) is 2.53. The van der Waals surface area contributed by atoms with E-state index in [1.807, 2.05) is 20.8 Å². The minimum atomic E-state index is -0.446. The Labute approximate surface area is 208 Å². The van der Waals surface area contributed by atoms with Crippen molar-refractivity contribution in [2.45, 2.75) is 20.8 Å². The predicted octanol–water partition coefficient (Wildman–Crippen LogP) is 6.56. The van der Waals surface area contributed by atoms with E-state index in [0.717, 1.165) is 28.0 Å². The zero-order valence-corrected chi connectivity index (χ0v) is 21.2. The number of rotatable bonds is 3. The summed E-state index contributed by atoms with van der Waals surface area (Å²) in [6.45, 7) is 5.57. The molecule has 0 bridgehead atoms. The van der Waals surface area contributed by atoms with Crippen LogP contribution < -0.4 is 15.9 Å². The quantitative estimate of drug-likeness (QED) is 0.269. The highest BCUT2D eigenvalue weighted by molar-refractivity contribution is 7.79. The highest BCUT2D eigenvalue weighted by atomic mass is 35.5. The molecule has 4 aromatic carbocycles. The van der Waals surface area contributed by atoms with E-state index >= 15 is 0 Å². The molecule has 0 atom stereocenters. The third kappa shape index (κ3) is 6.05. The van der Waals surface area contributed by atoms with Crippen LogP contribution in [0.3, 0.4) is 0 Å². The summed E-state index contributed by atoms with van der Waals surface area (Å²) in [6, 6.07) is 35.3. The van der Waals surface area contributed by atoms with Crippen molar-refractivity contribution in [3.63, 3.8) is 0 Å². The summed E-state index contributed by atoms with van der Waals surface area (Å²) >= 11 is 0. The van der Waals surface area contributed by atoms with E-state index in [9.17, 15) is 4.39 Å². The number of benzene rings is 4. The molecule has 0 aliphatic rings. The van der Waals surface area contributed by atoms with E-state index < -0.39 is 7.92 Å². The number of fused-ring (bicyclic) bond motifs is 1. The van der Waals surface area contributed by atoms with E-state index in [1.54, 1.807) is 0 Å². The number of hydrogen-bond donors (Lipinski definition) is 0.